The van der Waals surface area contributed by atoms with Crippen molar-refractivity contribution in [1.29, 1.82) is 0 Å². The first-order valence-corrected chi connectivity index (χ1v) is 4.90. The minimum absolute atomic E-state index is 0.750. The van der Waals surface area contributed by atoms with Gasteiger partial charge in [0.2, 0.25) is 0 Å². The summed E-state index contributed by atoms with van der Waals surface area (Å²) in [6, 6.07) is 0. The average molecular weight is 162 g/mol. The third-order valence-electron chi connectivity index (χ3n) is 2.44. The van der Waals surface area contributed by atoms with Crippen LogP contribution in [0.25, 0.3) is 0 Å². The number of allylic oxidation sites excluding steroid dienone is 4. The Bertz CT molecular complexity index is 165. The van der Waals surface area contributed by atoms with E-state index in [-0.39, 0.29) is 0 Å². The Morgan fingerprint density at radius 2 is 1.75 bits per heavy atom. The summed E-state index contributed by atoms with van der Waals surface area (Å²) < 4.78 is 0. The van der Waals surface area contributed by atoms with E-state index in [9.17, 15) is 0 Å². The second-order valence-electron chi connectivity index (χ2n) is 3.44. The largest absolute Gasteiger partial charge is 0.0882 e. The van der Waals surface area contributed by atoms with Crippen molar-refractivity contribution in [3.8, 4) is 0 Å². The monoisotopic (exact) mass is 162 g/mol. The maximum Gasteiger partial charge on any atom is -0.0165 e. The van der Waals surface area contributed by atoms with E-state index in [1.165, 1.54) is 19.3 Å². The molecule has 0 bridgehead atoms. The molecule has 2 aliphatic carbocycles. The van der Waals surface area contributed by atoms with Gasteiger partial charge in [-0.2, -0.15) is 0 Å². The summed E-state index contributed by atoms with van der Waals surface area (Å²) in [4.78, 5) is 0. The van der Waals surface area contributed by atoms with Gasteiger partial charge in [-0.1, -0.05) is 37.6 Å². The maximum atomic E-state index is 4.85. The number of fused-ring (bicyclic) bond motifs is 1. The van der Waals surface area contributed by atoms with Crippen LogP contribution in [0.2, 0.25) is 0 Å². The first kappa shape index (κ1) is 9.57. The Hall–Kier alpha value is -0.520. The molecule has 0 heterocycles. The summed E-state index contributed by atoms with van der Waals surface area (Å²) in [6.07, 6.45) is 14.1. The lowest BCUT2D eigenvalue weighted by Gasteiger charge is -2.19. The van der Waals surface area contributed by atoms with Crippen molar-refractivity contribution in [2.24, 2.45) is 11.8 Å². The molecule has 0 saturated carbocycles. The highest BCUT2D eigenvalue weighted by Gasteiger charge is 2.22. The molecule has 0 amide bonds. The highest BCUT2D eigenvalue weighted by atomic mass is 14.3. The van der Waals surface area contributed by atoms with Gasteiger partial charge in [0.15, 0.2) is 0 Å². The van der Waals surface area contributed by atoms with Crippen molar-refractivity contribution in [2.45, 2.75) is 32.6 Å². The Labute approximate surface area is 76.4 Å². The van der Waals surface area contributed by atoms with E-state index in [1.54, 1.807) is 0 Å². The first-order chi connectivity index (χ1) is 5.88. The third kappa shape index (κ3) is 2.51. The lowest BCUT2D eigenvalue weighted by molar-refractivity contribution is 0.415. The molecule has 0 aliphatic heterocycles. The van der Waals surface area contributed by atoms with E-state index in [4.69, 9.17) is 6.92 Å². The van der Waals surface area contributed by atoms with Crippen LogP contribution in [0, 0.1) is 18.8 Å². The summed E-state index contributed by atoms with van der Waals surface area (Å²) in [5, 5.41) is 0. The topological polar surface area (TPSA) is 0 Å². The zero-order valence-electron chi connectivity index (χ0n) is 7.87. The van der Waals surface area contributed by atoms with Crippen molar-refractivity contribution in [1.82, 2.24) is 0 Å². The van der Waals surface area contributed by atoms with Gasteiger partial charge in [0.05, 0.1) is 0 Å². The Morgan fingerprint density at radius 3 is 2.42 bits per heavy atom. The average Bonchev–Trinajstić information content (AvgIpc) is 2.52. The molecule has 0 nitrogen and oxygen atoms in total. The van der Waals surface area contributed by atoms with Crippen molar-refractivity contribution >= 4 is 0 Å². The smallest absolute Gasteiger partial charge is 0.0165 e. The lowest BCUT2D eigenvalue weighted by Crippen LogP contribution is -2.09. The van der Waals surface area contributed by atoms with Crippen LogP contribution in [0.15, 0.2) is 24.3 Å². The van der Waals surface area contributed by atoms with Crippen LogP contribution in [-0.4, -0.2) is 0 Å². The van der Waals surface area contributed by atoms with Crippen LogP contribution < -0.4 is 0 Å². The molecular formula is C12H18. The highest BCUT2D eigenvalue weighted by Crippen LogP contribution is 2.33. The van der Waals surface area contributed by atoms with Crippen molar-refractivity contribution in [3.05, 3.63) is 31.2 Å². The Balaban J connectivity index is 0.000000213. The second kappa shape index (κ2) is 5.18. The molecule has 0 heteroatoms. The maximum absolute atomic E-state index is 4.85. The molecule has 0 spiro atoms. The predicted molar refractivity (Wildman–Crippen MR) is 53.7 cm³/mol. The Morgan fingerprint density at radius 1 is 1.17 bits per heavy atom. The minimum atomic E-state index is 0.750. The Kier molecular flexibility index (Phi) is 4.13. The predicted octanol–water partition coefficient (Wildman–Crippen LogP) is 3.64. The lowest BCUT2D eigenvalue weighted by atomic mass is 9.86. The molecule has 2 radical (unpaired) electrons. The standard InChI is InChI=1S/C9H12.C3H6/c1-2-5-9-7-3-6-8(9)4-1;1-3-2/h1-3,6,8-9H,4-5,7H2;1H,3H2,2H3. The van der Waals surface area contributed by atoms with Gasteiger partial charge in [0.25, 0.3) is 0 Å². The summed E-state index contributed by atoms with van der Waals surface area (Å²) in [6.45, 7) is 6.75. The fourth-order valence-corrected chi connectivity index (χ4v) is 1.83. The number of hydrogen-bond acceptors (Lipinski definition) is 0. The van der Waals surface area contributed by atoms with E-state index in [0.29, 0.717) is 0 Å². The fourth-order valence-electron chi connectivity index (χ4n) is 1.83. The van der Waals surface area contributed by atoms with Gasteiger partial charge in [-0.15, -0.1) is 0 Å². The molecule has 2 rings (SSSR count). The quantitative estimate of drug-likeness (QED) is 0.477. The highest BCUT2D eigenvalue weighted by molar-refractivity contribution is 5.08. The molecule has 0 aromatic rings. The van der Waals surface area contributed by atoms with Crippen molar-refractivity contribution in [3.63, 3.8) is 0 Å². The molecule has 2 aliphatic rings. The van der Waals surface area contributed by atoms with E-state index in [0.717, 1.165) is 18.3 Å². The molecular weight excluding hydrogens is 144 g/mol. The van der Waals surface area contributed by atoms with Gasteiger partial charge >= 0.3 is 0 Å². The molecule has 0 saturated heterocycles. The van der Waals surface area contributed by atoms with E-state index < -0.39 is 0 Å². The second-order valence-corrected chi connectivity index (χ2v) is 3.44. The van der Waals surface area contributed by atoms with E-state index in [1.807, 2.05) is 6.92 Å². The molecule has 0 fully saturated rings. The molecule has 66 valence electrons. The first-order valence-electron chi connectivity index (χ1n) is 4.90. The van der Waals surface area contributed by atoms with Crippen LogP contribution in [0.5, 0.6) is 0 Å². The normalized spacial score (nSPS) is 30.8. The van der Waals surface area contributed by atoms with Crippen LogP contribution in [0.3, 0.4) is 0 Å². The van der Waals surface area contributed by atoms with Crippen LogP contribution >= 0.6 is 0 Å². The van der Waals surface area contributed by atoms with Crippen molar-refractivity contribution < 1.29 is 0 Å². The van der Waals surface area contributed by atoms with Gasteiger partial charge in [-0.25, -0.2) is 0 Å². The molecule has 12 heavy (non-hydrogen) atoms. The van der Waals surface area contributed by atoms with E-state index in [2.05, 4.69) is 24.3 Å². The minimum Gasteiger partial charge on any atom is -0.0882 e. The summed E-state index contributed by atoms with van der Waals surface area (Å²) in [7, 11) is 0. The van der Waals surface area contributed by atoms with Gasteiger partial charge in [-0.05, 0) is 38.0 Å². The van der Waals surface area contributed by atoms with Crippen molar-refractivity contribution in [2.75, 3.05) is 0 Å². The van der Waals surface area contributed by atoms with Gasteiger partial charge < -0.3 is 0 Å². The summed E-state index contributed by atoms with van der Waals surface area (Å²) in [5.41, 5.74) is 0. The van der Waals surface area contributed by atoms with Crippen LogP contribution in [0.1, 0.15) is 32.6 Å². The zero-order valence-corrected chi connectivity index (χ0v) is 7.87. The molecule has 2 unspecified atom stereocenters. The zero-order chi connectivity index (χ0) is 8.81. The molecule has 0 aromatic heterocycles. The molecule has 2 atom stereocenters. The van der Waals surface area contributed by atoms with E-state index >= 15 is 0 Å². The van der Waals surface area contributed by atoms with Crippen LogP contribution in [-0.2, 0) is 0 Å². The third-order valence-corrected chi connectivity index (χ3v) is 2.44. The molecule has 0 aromatic carbocycles. The van der Waals surface area contributed by atoms with Gasteiger partial charge in [0.1, 0.15) is 0 Å². The van der Waals surface area contributed by atoms with Gasteiger partial charge in [-0.3, -0.25) is 0 Å². The van der Waals surface area contributed by atoms with Crippen LogP contribution in [0.4, 0.5) is 0 Å². The number of hydrogen-bond donors (Lipinski definition) is 0. The summed E-state index contributed by atoms with van der Waals surface area (Å²) in [5.74, 6) is 1.87. The summed E-state index contributed by atoms with van der Waals surface area (Å²) >= 11 is 0. The fraction of sp³-hybridized carbons (Fsp3) is 0.583. The van der Waals surface area contributed by atoms with Gasteiger partial charge in [0, 0.05) is 0 Å². The number of rotatable bonds is 0. The SMILES string of the molecule is C1=CCC2CC=CC2C1.[CH]CC. The molecule has 0 N–H and O–H groups in total.